The minimum Gasteiger partial charge on any atom is -0.385 e. The summed E-state index contributed by atoms with van der Waals surface area (Å²) in [4.78, 5) is 0. The summed E-state index contributed by atoms with van der Waals surface area (Å²) in [6.45, 7) is 0. The standard InChI is InChI=1S/C7H11FO3S/c8-6-12(9,10)11-7-4-2-1-3-5-7/h4H,1-3,5-6H2. The summed E-state index contributed by atoms with van der Waals surface area (Å²) < 4.78 is 37.5. The number of allylic oxidation sites excluding steroid dienone is 2. The minimum atomic E-state index is -3.95. The first-order valence-corrected chi connectivity index (χ1v) is 5.39. The van der Waals surface area contributed by atoms with Gasteiger partial charge in [0, 0.05) is 6.42 Å². The topological polar surface area (TPSA) is 43.4 Å². The zero-order valence-corrected chi connectivity index (χ0v) is 7.44. The molecule has 0 aromatic carbocycles. The summed E-state index contributed by atoms with van der Waals surface area (Å²) in [5.74, 6) is 0.388. The average molecular weight is 194 g/mol. The molecule has 0 heterocycles. The van der Waals surface area contributed by atoms with Crippen LogP contribution in [0.5, 0.6) is 0 Å². The predicted octanol–water partition coefficient (Wildman–Crippen LogP) is 1.72. The van der Waals surface area contributed by atoms with Crippen molar-refractivity contribution in [1.82, 2.24) is 0 Å². The zero-order valence-electron chi connectivity index (χ0n) is 6.62. The second-order valence-electron chi connectivity index (χ2n) is 2.67. The maximum absolute atomic E-state index is 11.8. The van der Waals surface area contributed by atoms with Crippen LogP contribution >= 0.6 is 0 Å². The van der Waals surface area contributed by atoms with Crippen molar-refractivity contribution in [3.8, 4) is 0 Å². The fraction of sp³-hybridized carbons (Fsp3) is 0.714. The van der Waals surface area contributed by atoms with Gasteiger partial charge in [-0.15, -0.1) is 0 Å². The van der Waals surface area contributed by atoms with Gasteiger partial charge in [-0.1, -0.05) is 0 Å². The van der Waals surface area contributed by atoms with Gasteiger partial charge in [0.2, 0.25) is 6.01 Å². The fourth-order valence-corrected chi connectivity index (χ4v) is 1.59. The van der Waals surface area contributed by atoms with E-state index < -0.39 is 16.1 Å². The molecule has 0 aliphatic heterocycles. The number of hydrogen-bond donors (Lipinski definition) is 0. The van der Waals surface area contributed by atoms with Crippen LogP contribution in [0.25, 0.3) is 0 Å². The highest BCUT2D eigenvalue weighted by Crippen LogP contribution is 2.20. The highest BCUT2D eigenvalue weighted by molar-refractivity contribution is 7.86. The Balaban J connectivity index is 2.56. The van der Waals surface area contributed by atoms with Crippen molar-refractivity contribution >= 4 is 10.1 Å². The van der Waals surface area contributed by atoms with Gasteiger partial charge in [-0.3, -0.25) is 0 Å². The molecule has 1 aliphatic carbocycles. The molecule has 0 aromatic rings. The molecule has 0 fully saturated rings. The molecular formula is C7H11FO3S. The first-order valence-electron chi connectivity index (χ1n) is 3.81. The second-order valence-corrected chi connectivity index (χ2v) is 4.17. The van der Waals surface area contributed by atoms with Gasteiger partial charge in [0.1, 0.15) is 5.76 Å². The molecule has 0 atom stereocenters. The molecule has 12 heavy (non-hydrogen) atoms. The van der Waals surface area contributed by atoms with Gasteiger partial charge in [0.05, 0.1) is 0 Å². The van der Waals surface area contributed by atoms with Crippen LogP contribution in [0.4, 0.5) is 4.39 Å². The Bertz CT molecular complexity index is 268. The Kier molecular flexibility index (Phi) is 3.08. The lowest BCUT2D eigenvalue weighted by Crippen LogP contribution is -2.08. The van der Waals surface area contributed by atoms with Gasteiger partial charge in [0.15, 0.2) is 0 Å². The maximum Gasteiger partial charge on any atom is 0.338 e. The highest BCUT2D eigenvalue weighted by Gasteiger charge is 2.14. The van der Waals surface area contributed by atoms with E-state index in [9.17, 15) is 12.8 Å². The Labute approximate surface area is 71.3 Å². The Morgan fingerprint density at radius 3 is 2.75 bits per heavy atom. The first kappa shape index (κ1) is 9.51. The zero-order chi connectivity index (χ0) is 9.03. The van der Waals surface area contributed by atoms with E-state index >= 15 is 0 Å². The maximum atomic E-state index is 11.8. The second kappa shape index (κ2) is 3.89. The van der Waals surface area contributed by atoms with E-state index in [0.717, 1.165) is 19.3 Å². The minimum absolute atomic E-state index is 0.388. The van der Waals surface area contributed by atoms with Crippen LogP contribution in [0, 0.1) is 0 Å². The van der Waals surface area contributed by atoms with E-state index in [1.54, 1.807) is 6.08 Å². The van der Waals surface area contributed by atoms with E-state index in [0.29, 0.717) is 12.2 Å². The van der Waals surface area contributed by atoms with Crippen molar-refractivity contribution in [2.75, 3.05) is 6.01 Å². The lowest BCUT2D eigenvalue weighted by molar-refractivity contribution is 0.361. The smallest absolute Gasteiger partial charge is 0.338 e. The van der Waals surface area contributed by atoms with Gasteiger partial charge in [-0.2, -0.15) is 8.42 Å². The summed E-state index contributed by atoms with van der Waals surface area (Å²) in [6.07, 6.45) is 5.07. The van der Waals surface area contributed by atoms with Crippen molar-refractivity contribution in [2.24, 2.45) is 0 Å². The van der Waals surface area contributed by atoms with Gasteiger partial charge >= 0.3 is 10.1 Å². The van der Waals surface area contributed by atoms with E-state index in [2.05, 4.69) is 4.18 Å². The van der Waals surface area contributed by atoms with Gasteiger partial charge < -0.3 is 4.18 Å². The van der Waals surface area contributed by atoms with Crippen molar-refractivity contribution in [3.63, 3.8) is 0 Å². The Hall–Kier alpha value is -0.580. The molecule has 3 nitrogen and oxygen atoms in total. The van der Waals surface area contributed by atoms with E-state index in [-0.39, 0.29) is 0 Å². The first-order chi connectivity index (χ1) is 5.64. The van der Waals surface area contributed by atoms with Crippen LogP contribution in [-0.2, 0) is 14.3 Å². The number of alkyl halides is 1. The lowest BCUT2D eigenvalue weighted by atomic mass is 10.1. The third kappa shape index (κ3) is 2.81. The van der Waals surface area contributed by atoms with Crippen molar-refractivity contribution < 1.29 is 17.0 Å². The molecule has 5 heteroatoms. The molecule has 0 N–H and O–H groups in total. The van der Waals surface area contributed by atoms with Crippen molar-refractivity contribution in [2.45, 2.75) is 25.7 Å². The van der Waals surface area contributed by atoms with Crippen LogP contribution < -0.4 is 0 Å². The molecule has 1 rings (SSSR count). The van der Waals surface area contributed by atoms with Gasteiger partial charge in [0.25, 0.3) is 0 Å². The number of hydrogen-bond acceptors (Lipinski definition) is 3. The van der Waals surface area contributed by atoms with Gasteiger partial charge in [-0.05, 0) is 25.3 Å². The molecule has 1 aliphatic rings. The van der Waals surface area contributed by atoms with E-state index in [4.69, 9.17) is 0 Å². The molecule has 0 saturated heterocycles. The fourth-order valence-electron chi connectivity index (χ4n) is 1.07. The summed E-state index contributed by atoms with van der Waals surface area (Å²) >= 11 is 0. The van der Waals surface area contributed by atoms with Crippen LogP contribution in [0.15, 0.2) is 11.8 Å². The average Bonchev–Trinajstić information content (AvgIpc) is 2.06. The van der Waals surface area contributed by atoms with E-state index in [1.165, 1.54) is 0 Å². The van der Waals surface area contributed by atoms with Crippen LogP contribution in [-0.4, -0.2) is 14.4 Å². The predicted molar refractivity (Wildman–Crippen MR) is 42.5 cm³/mol. The van der Waals surface area contributed by atoms with Crippen LogP contribution in [0.3, 0.4) is 0 Å². The molecule has 0 aromatic heterocycles. The Morgan fingerprint density at radius 1 is 1.50 bits per heavy atom. The largest absolute Gasteiger partial charge is 0.385 e. The molecule has 0 radical (unpaired) electrons. The summed E-state index contributed by atoms with van der Waals surface area (Å²) in [6, 6.07) is -1.45. The van der Waals surface area contributed by atoms with Crippen LogP contribution in [0.1, 0.15) is 25.7 Å². The summed E-state index contributed by atoms with van der Waals surface area (Å²) in [7, 11) is -3.95. The molecule has 0 unspecified atom stereocenters. The summed E-state index contributed by atoms with van der Waals surface area (Å²) in [5, 5.41) is 0. The quantitative estimate of drug-likeness (QED) is 0.642. The third-order valence-electron chi connectivity index (χ3n) is 1.62. The third-order valence-corrected chi connectivity index (χ3v) is 2.35. The highest BCUT2D eigenvalue weighted by atomic mass is 32.2. The number of halogens is 1. The molecule has 0 saturated carbocycles. The number of rotatable bonds is 3. The van der Waals surface area contributed by atoms with Crippen molar-refractivity contribution in [3.05, 3.63) is 11.8 Å². The molecule has 0 bridgehead atoms. The Morgan fingerprint density at radius 2 is 2.25 bits per heavy atom. The van der Waals surface area contributed by atoms with E-state index in [1.807, 2.05) is 0 Å². The lowest BCUT2D eigenvalue weighted by Gasteiger charge is -2.11. The summed E-state index contributed by atoms with van der Waals surface area (Å²) in [5.41, 5.74) is 0. The normalized spacial score (nSPS) is 18.6. The molecule has 0 amide bonds. The molecule has 70 valence electrons. The monoisotopic (exact) mass is 194 g/mol. The van der Waals surface area contributed by atoms with Crippen LogP contribution in [0.2, 0.25) is 0 Å². The molecular weight excluding hydrogens is 183 g/mol. The van der Waals surface area contributed by atoms with Gasteiger partial charge in [-0.25, -0.2) is 4.39 Å². The SMILES string of the molecule is O=S(=O)(CF)OC1=CCCCC1. The van der Waals surface area contributed by atoms with Crippen molar-refractivity contribution in [1.29, 1.82) is 0 Å². The molecule has 0 spiro atoms.